The normalized spacial score (nSPS) is 11.2. The summed E-state index contributed by atoms with van der Waals surface area (Å²) in [5.74, 6) is 0. The average Bonchev–Trinajstić information content (AvgIpc) is 2.29. The summed E-state index contributed by atoms with van der Waals surface area (Å²) in [5.41, 5.74) is 0.817. The van der Waals surface area contributed by atoms with E-state index < -0.39 is 14.9 Å². The second-order valence-corrected chi connectivity index (χ2v) is 5.52. The minimum absolute atomic E-state index is 0.0729. The number of hydrogen-bond acceptors (Lipinski definition) is 4. The molecule has 0 saturated heterocycles. The first kappa shape index (κ1) is 14.3. The van der Waals surface area contributed by atoms with Crippen molar-refractivity contribution in [3.63, 3.8) is 0 Å². The molecule has 0 saturated carbocycles. The van der Waals surface area contributed by atoms with Gasteiger partial charge in [-0.05, 0) is 25.0 Å². The Morgan fingerprint density at radius 1 is 1.44 bits per heavy atom. The van der Waals surface area contributed by atoms with Crippen molar-refractivity contribution in [1.29, 1.82) is 0 Å². The molecule has 0 aromatic heterocycles. The number of hydrogen-bond donors (Lipinski definition) is 1. The van der Waals surface area contributed by atoms with Crippen LogP contribution in [0.5, 0.6) is 0 Å². The predicted molar refractivity (Wildman–Crippen MR) is 68.0 cm³/mol. The number of sulfonamides is 1. The van der Waals surface area contributed by atoms with E-state index in [0.29, 0.717) is 11.1 Å². The zero-order valence-electron chi connectivity index (χ0n) is 10.1. The molecule has 7 heteroatoms. The second-order valence-electron chi connectivity index (χ2n) is 3.78. The highest BCUT2D eigenvalue weighted by molar-refractivity contribution is 7.89. The molecule has 1 aromatic carbocycles. The molecule has 0 spiro atoms. The molecule has 0 unspecified atom stereocenters. The molecule has 0 aliphatic carbocycles. The molecule has 1 aromatic rings. The Morgan fingerprint density at radius 3 is 2.56 bits per heavy atom. The standard InChI is InChI=1S/C11H14N2O4S/c1-4-5-12-18(16,17)11-7-10(13(14)15)6-8(2)9(11)3/h4,6-7,12H,1,5H2,2-3H3. The Labute approximate surface area is 106 Å². The molecule has 0 fully saturated rings. The van der Waals surface area contributed by atoms with Gasteiger partial charge >= 0.3 is 0 Å². The summed E-state index contributed by atoms with van der Waals surface area (Å²) in [4.78, 5) is 10.0. The van der Waals surface area contributed by atoms with Crippen LogP contribution in [-0.4, -0.2) is 19.9 Å². The van der Waals surface area contributed by atoms with E-state index in [0.717, 1.165) is 6.07 Å². The van der Waals surface area contributed by atoms with E-state index in [1.54, 1.807) is 13.8 Å². The zero-order valence-corrected chi connectivity index (χ0v) is 11.0. The van der Waals surface area contributed by atoms with Crippen molar-refractivity contribution in [3.8, 4) is 0 Å². The van der Waals surface area contributed by atoms with Crippen LogP contribution in [-0.2, 0) is 10.0 Å². The molecule has 0 atom stereocenters. The van der Waals surface area contributed by atoms with Crippen molar-refractivity contribution in [3.05, 3.63) is 46.0 Å². The third-order valence-electron chi connectivity index (χ3n) is 2.52. The van der Waals surface area contributed by atoms with Gasteiger partial charge in [0.1, 0.15) is 0 Å². The van der Waals surface area contributed by atoms with Gasteiger partial charge in [-0.15, -0.1) is 6.58 Å². The van der Waals surface area contributed by atoms with Crippen LogP contribution >= 0.6 is 0 Å². The first-order valence-corrected chi connectivity index (χ1v) is 6.64. The van der Waals surface area contributed by atoms with Crippen LogP contribution in [0, 0.1) is 24.0 Å². The Bertz CT molecular complexity index is 593. The maximum atomic E-state index is 12.0. The summed E-state index contributed by atoms with van der Waals surface area (Å²) in [7, 11) is -3.76. The highest BCUT2D eigenvalue weighted by Gasteiger charge is 2.21. The van der Waals surface area contributed by atoms with E-state index in [4.69, 9.17) is 0 Å². The smallest absolute Gasteiger partial charge is 0.258 e. The van der Waals surface area contributed by atoms with Gasteiger partial charge in [-0.3, -0.25) is 10.1 Å². The molecular formula is C11H14N2O4S. The van der Waals surface area contributed by atoms with Crippen molar-refractivity contribution in [2.75, 3.05) is 6.54 Å². The summed E-state index contributed by atoms with van der Waals surface area (Å²) < 4.78 is 26.2. The van der Waals surface area contributed by atoms with E-state index in [1.165, 1.54) is 12.1 Å². The van der Waals surface area contributed by atoms with Crippen LogP contribution < -0.4 is 4.72 Å². The van der Waals surface area contributed by atoms with E-state index in [-0.39, 0.29) is 17.1 Å². The Balaban J connectivity index is 3.39. The summed E-state index contributed by atoms with van der Waals surface area (Å²) in [6.45, 7) is 6.73. The lowest BCUT2D eigenvalue weighted by Crippen LogP contribution is -2.24. The average molecular weight is 270 g/mol. The Kier molecular flexibility index (Phi) is 4.20. The molecule has 0 radical (unpaired) electrons. The number of benzene rings is 1. The highest BCUT2D eigenvalue weighted by atomic mass is 32.2. The maximum absolute atomic E-state index is 12.0. The van der Waals surface area contributed by atoms with Gasteiger partial charge < -0.3 is 0 Å². The molecule has 6 nitrogen and oxygen atoms in total. The Hall–Kier alpha value is -1.73. The quantitative estimate of drug-likeness (QED) is 0.500. The molecule has 1 rings (SSSR count). The molecule has 18 heavy (non-hydrogen) atoms. The second kappa shape index (κ2) is 5.28. The lowest BCUT2D eigenvalue weighted by molar-refractivity contribution is -0.385. The molecule has 0 aliphatic heterocycles. The van der Waals surface area contributed by atoms with E-state index >= 15 is 0 Å². The molecule has 0 aliphatic rings. The highest BCUT2D eigenvalue weighted by Crippen LogP contribution is 2.25. The van der Waals surface area contributed by atoms with E-state index in [2.05, 4.69) is 11.3 Å². The van der Waals surface area contributed by atoms with Gasteiger partial charge in [-0.25, -0.2) is 13.1 Å². The van der Waals surface area contributed by atoms with Crippen molar-refractivity contribution < 1.29 is 13.3 Å². The van der Waals surface area contributed by atoms with Gasteiger partial charge in [0.15, 0.2) is 0 Å². The molecule has 1 N–H and O–H groups in total. The predicted octanol–water partition coefficient (Wildman–Crippen LogP) is 1.68. The fourth-order valence-corrected chi connectivity index (χ4v) is 2.77. The molecule has 0 heterocycles. The number of nitrogens with zero attached hydrogens (tertiary/aromatic N) is 1. The number of nitrogens with one attached hydrogen (secondary N) is 1. The number of nitro groups is 1. The molecule has 98 valence electrons. The van der Waals surface area contributed by atoms with Crippen LogP contribution in [0.25, 0.3) is 0 Å². The molecule has 0 amide bonds. The summed E-state index contributed by atoms with van der Waals surface area (Å²) in [5, 5.41) is 10.7. The fraction of sp³-hybridized carbons (Fsp3) is 0.273. The third kappa shape index (κ3) is 2.93. The van der Waals surface area contributed by atoms with Gasteiger partial charge in [0, 0.05) is 18.7 Å². The number of nitro benzene ring substituents is 1. The first-order chi connectivity index (χ1) is 8.29. The third-order valence-corrected chi connectivity index (χ3v) is 4.07. The lowest BCUT2D eigenvalue weighted by Gasteiger charge is -2.10. The van der Waals surface area contributed by atoms with Crippen LogP contribution in [0.4, 0.5) is 5.69 Å². The van der Waals surface area contributed by atoms with Gasteiger partial charge in [0.2, 0.25) is 10.0 Å². The largest absolute Gasteiger partial charge is 0.271 e. The van der Waals surface area contributed by atoms with Gasteiger partial charge in [-0.1, -0.05) is 6.08 Å². The van der Waals surface area contributed by atoms with Crippen LogP contribution in [0.2, 0.25) is 0 Å². The van der Waals surface area contributed by atoms with Crippen molar-refractivity contribution in [2.24, 2.45) is 0 Å². The first-order valence-electron chi connectivity index (χ1n) is 5.16. The number of non-ortho nitro benzene ring substituents is 1. The van der Waals surface area contributed by atoms with Crippen LogP contribution in [0.15, 0.2) is 29.7 Å². The van der Waals surface area contributed by atoms with Crippen LogP contribution in [0.3, 0.4) is 0 Å². The Morgan fingerprint density at radius 2 is 2.06 bits per heavy atom. The zero-order chi connectivity index (χ0) is 13.9. The lowest BCUT2D eigenvalue weighted by atomic mass is 10.1. The minimum atomic E-state index is -3.76. The topological polar surface area (TPSA) is 89.3 Å². The summed E-state index contributed by atoms with van der Waals surface area (Å²) in [6.07, 6.45) is 1.40. The van der Waals surface area contributed by atoms with Crippen LogP contribution in [0.1, 0.15) is 11.1 Å². The van der Waals surface area contributed by atoms with Gasteiger partial charge in [-0.2, -0.15) is 0 Å². The van der Waals surface area contributed by atoms with Gasteiger partial charge in [0.25, 0.3) is 5.69 Å². The van der Waals surface area contributed by atoms with Gasteiger partial charge in [0.05, 0.1) is 9.82 Å². The molecular weight excluding hydrogens is 256 g/mol. The minimum Gasteiger partial charge on any atom is -0.258 e. The monoisotopic (exact) mass is 270 g/mol. The summed E-state index contributed by atoms with van der Waals surface area (Å²) in [6, 6.07) is 2.41. The van der Waals surface area contributed by atoms with Crippen molar-refractivity contribution in [2.45, 2.75) is 18.7 Å². The molecule has 0 bridgehead atoms. The van der Waals surface area contributed by atoms with E-state index in [9.17, 15) is 18.5 Å². The number of aryl methyl sites for hydroxylation is 1. The maximum Gasteiger partial charge on any atom is 0.271 e. The van der Waals surface area contributed by atoms with Crippen molar-refractivity contribution >= 4 is 15.7 Å². The number of rotatable bonds is 5. The van der Waals surface area contributed by atoms with E-state index in [1.807, 2.05) is 0 Å². The fourth-order valence-electron chi connectivity index (χ4n) is 1.44. The SMILES string of the molecule is C=CCNS(=O)(=O)c1cc([N+](=O)[O-])cc(C)c1C. The van der Waals surface area contributed by atoms with Crippen molar-refractivity contribution in [1.82, 2.24) is 4.72 Å². The summed E-state index contributed by atoms with van der Waals surface area (Å²) >= 11 is 0.